The van der Waals surface area contributed by atoms with Crippen LogP contribution in [0.1, 0.15) is 29.8 Å². The van der Waals surface area contributed by atoms with Gasteiger partial charge >= 0.3 is 12.1 Å². The first-order chi connectivity index (χ1) is 13.0. The molecule has 3 amide bonds. The number of hydroxylamine groups is 1. The van der Waals surface area contributed by atoms with Crippen LogP contribution >= 0.6 is 0 Å². The number of fused-ring (bicyclic) bond motifs is 4. The molecule has 1 aromatic rings. The van der Waals surface area contributed by atoms with Crippen molar-refractivity contribution in [3.63, 3.8) is 0 Å². The van der Waals surface area contributed by atoms with E-state index in [-0.39, 0.29) is 18.1 Å². The molecular weight excluding hydrogens is 352 g/mol. The summed E-state index contributed by atoms with van der Waals surface area (Å²) in [5, 5.41) is 10.3. The van der Waals surface area contributed by atoms with E-state index in [0.29, 0.717) is 12.4 Å². The van der Waals surface area contributed by atoms with Gasteiger partial charge in [0.1, 0.15) is 6.04 Å². The van der Waals surface area contributed by atoms with Gasteiger partial charge in [-0.25, -0.2) is 15.1 Å². The number of nitrogens with one attached hydrogen (secondary N) is 3. The first-order valence-electron chi connectivity index (χ1n) is 8.97. The van der Waals surface area contributed by atoms with E-state index >= 15 is 0 Å². The maximum atomic E-state index is 12.7. The standard InChI is InChI=1S/C16H24N8O3/c1-17-14(21-27-15(25)20-9-4-5-18-6-9)13-12-10(7-19-23(12)3)11-8-24(13)16(26)22(11)2/h7,9,11,13,18H,4-6,8H2,1-3H3,(H,17,21)(H,20,25)/t9-,11-,13-/m0/s1. The molecule has 4 rings (SSSR count). The molecule has 0 radical (unpaired) electrons. The quantitative estimate of drug-likeness (QED) is 0.364. The number of rotatable bonds is 2. The molecule has 4 heterocycles. The Labute approximate surface area is 156 Å². The highest BCUT2D eigenvalue weighted by atomic mass is 16.7. The Balaban J connectivity index is 1.52. The minimum absolute atomic E-state index is 0.0327. The SMILES string of the molecule is CN=C(NOC(=O)N[C@H]1CCNC1)[C@@H]1c2c(cnn2C)[C@@H]2CN1C(=O)N2C. The van der Waals surface area contributed by atoms with Crippen molar-refractivity contribution in [3.05, 3.63) is 17.5 Å². The van der Waals surface area contributed by atoms with Crippen molar-refractivity contribution in [2.24, 2.45) is 12.0 Å². The van der Waals surface area contributed by atoms with Crippen molar-refractivity contribution in [2.75, 3.05) is 33.7 Å². The molecule has 3 aliphatic rings. The summed E-state index contributed by atoms with van der Waals surface area (Å²) in [7, 11) is 5.20. The minimum Gasteiger partial charge on any atom is -0.323 e. The summed E-state index contributed by atoms with van der Waals surface area (Å²) in [6.07, 6.45) is 2.07. The minimum atomic E-state index is -0.575. The van der Waals surface area contributed by atoms with Crippen LogP contribution in [-0.4, -0.2) is 77.3 Å². The number of aromatic nitrogens is 2. The molecule has 0 aromatic carbocycles. The number of urea groups is 1. The van der Waals surface area contributed by atoms with Crippen LogP contribution in [0.25, 0.3) is 0 Å². The van der Waals surface area contributed by atoms with Crippen molar-refractivity contribution < 1.29 is 14.4 Å². The summed E-state index contributed by atoms with van der Waals surface area (Å²) in [5.41, 5.74) is 4.50. The molecule has 2 fully saturated rings. The van der Waals surface area contributed by atoms with E-state index < -0.39 is 12.1 Å². The third kappa shape index (κ3) is 2.87. The third-order valence-electron chi connectivity index (χ3n) is 5.46. The monoisotopic (exact) mass is 376 g/mol. The Morgan fingerprint density at radius 1 is 1.44 bits per heavy atom. The lowest BCUT2D eigenvalue weighted by Gasteiger charge is -2.32. The van der Waals surface area contributed by atoms with Gasteiger partial charge in [0.05, 0.1) is 17.9 Å². The topological polar surface area (TPSA) is 116 Å². The third-order valence-corrected chi connectivity index (χ3v) is 5.46. The van der Waals surface area contributed by atoms with E-state index in [4.69, 9.17) is 4.84 Å². The van der Waals surface area contributed by atoms with Gasteiger partial charge in [0.2, 0.25) is 0 Å². The maximum Gasteiger partial charge on any atom is 0.431 e. The summed E-state index contributed by atoms with van der Waals surface area (Å²) in [6.45, 7) is 2.14. The first kappa shape index (κ1) is 17.6. The predicted octanol–water partition coefficient (Wildman–Crippen LogP) is -0.496. The molecule has 0 unspecified atom stereocenters. The number of aliphatic imine (C=N–C) groups is 1. The lowest BCUT2D eigenvalue weighted by Crippen LogP contribution is -2.46. The van der Waals surface area contributed by atoms with Crippen LogP contribution in [0.3, 0.4) is 0 Å². The van der Waals surface area contributed by atoms with Crippen molar-refractivity contribution in [3.8, 4) is 0 Å². The zero-order chi connectivity index (χ0) is 19.1. The normalized spacial score (nSPS) is 27.0. The van der Waals surface area contributed by atoms with Gasteiger partial charge in [-0.1, -0.05) is 0 Å². The maximum absolute atomic E-state index is 12.7. The summed E-state index contributed by atoms with van der Waals surface area (Å²) < 4.78 is 1.74. The molecule has 27 heavy (non-hydrogen) atoms. The summed E-state index contributed by atoms with van der Waals surface area (Å²) in [5.74, 6) is 0.377. The number of amidine groups is 1. The highest BCUT2D eigenvalue weighted by Gasteiger charge is 2.49. The highest BCUT2D eigenvalue weighted by molar-refractivity contribution is 5.94. The zero-order valence-electron chi connectivity index (χ0n) is 15.6. The average molecular weight is 376 g/mol. The smallest absolute Gasteiger partial charge is 0.323 e. The molecule has 1 aromatic heterocycles. The Hall–Kier alpha value is -2.82. The number of amides is 3. The van der Waals surface area contributed by atoms with Gasteiger partial charge in [0.15, 0.2) is 5.84 Å². The van der Waals surface area contributed by atoms with Crippen LogP contribution in [0.5, 0.6) is 0 Å². The average Bonchev–Trinajstić information content (AvgIpc) is 3.35. The summed E-state index contributed by atoms with van der Waals surface area (Å²) in [4.78, 5) is 37.6. The van der Waals surface area contributed by atoms with Crippen LogP contribution in [0.15, 0.2) is 11.2 Å². The number of hydrogen-bond acceptors (Lipinski definition) is 6. The number of carbonyl (C=O) groups is 2. The Morgan fingerprint density at radius 3 is 2.96 bits per heavy atom. The zero-order valence-corrected chi connectivity index (χ0v) is 15.6. The van der Waals surface area contributed by atoms with E-state index in [1.165, 1.54) is 0 Å². The van der Waals surface area contributed by atoms with Crippen LogP contribution in [0, 0.1) is 0 Å². The number of likely N-dealkylation sites (N-methyl/N-ethyl adjacent to an activating group) is 1. The number of nitrogens with zero attached hydrogens (tertiary/aromatic N) is 5. The fourth-order valence-corrected chi connectivity index (χ4v) is 4.02. The van der Waals surface area contributed by atoms with Crippen LogP contribution < -0.4 is 16.1 Å². The molecule has 11 nitrogen and oxygen atoms in total. The molecule has 146 valence electrons. The Bertz CT molecular complexity index is 785. The Morgan fingerprint density at radius 2 is 2.26 bits per heavy atom. The van der Waals surface area contributed by atoms with Gasteiger partial charge in [0.25, 0.3) is 0 Å². The molecule has 2 bridgehead atoms. The first-order valence-corrected chi connectivity index (χ1v) is 8.97. The van der Waals surface area contributed by atoms with Gasteiger partial charge < -0.3 is 25.3 Å². The molecule has 0 spiro atoms. The van der Waals surface area contributed by atoms with Gasteiger partial charge in [-0.05, 0) is 13.0 Å². The van der Waals surface area contributed by atoms with Crippen molar-refractivity contribution >= 4 is 18.0 Å². The second-order valence-corrected chi connectivity index (χ2v) is 7.01. The summed E-state index contributed by atoms with van der Waals surface area (Å²) >= 11 is 0. The van der Waals surface area contributed by atoms with Crippen molar-refractivity contribution in [1.82, 2.24) is 35.7 Å². The van der Waals surface area contributed by atoms with Crippen molar-refractivity contribution in [2.45, 2.75) is 24.5 Å². The molecule has 3 atom stereocenters. The molecular formula is C16H24N8O3. The van der Waals surface area contributed by atoms with Crippen LogP contribution in [-0.2, 0) is 11.9 Å². The van der Waals surface area contributed by atoms with Gasteiger partial charge in [-0.3, -0.25) is 9.67 Å². The molecule has 3 aliphatic heterocycles. The molecule has 0 saturated carbocycles. The van der Waals surface area contributed by atoms with E-state index in [1.807, 2.05) is 7.05 Å². The predicted molar refractivity (Wildman–Crippen MR) is 95.9 cm³/mol. The Kier molecular flexibility index (Phi) is 4.38. The summed E-state index contributed by atoms with van der Waals surface area (Å²) in [6, 6.07) is -0.568. The molecule has 3 N–H and O–H groups in total. The van der Waals surface area contributed by atoms with Gasteiger partial charge in [-0.2, -0.15) is 5.10 Å². The lowest BCUT2D eigenvalue weighted by molar-refractivity contribution is 0.112. The number of hydrogen-bond donors (Lipinski definition) is 3. The van der Waals surface area contributed by atoms with E-state index in [9.17, 15) is 9.59 Å². The lowest BCUT2D eigenvalue weighted by atomic mass is 9.97. The number of aryl methyl sites for hydroxylation is 1. The second-order valence-electron chi connectivity index (χ2n) is 7.01. The molecule has 11 heteroatoms. The molecule has 2 saturated heterocycles. The fourth-order valence-electron chi connectivity index (χ4n) is 4.02. The van der Waals surface area contributed by atoms with Gasteiger partial charge in [-0.15, -0.1) is 0 Å². The fraction of sp³-hybridized carbons (Fsp3) is 0.625. The van der Waals surface area contributed by atoms with Gasteiger partial charge in [0, 0.05) is 45.8 Å². The van der Waals surface area contributed by atoms with Crippen LogP contribution in [0.2, 0.25) is 0 Å². The number of carbonyl (C=O) groups excluding carboxylic acids is 2. The van der Waals surface area contributed by atoms with E-state index in [0.717, 1.165) is 30.8 Å². The highest BCUT2D eigenvalue weighted by Crippen LogP contribution is 2.42. The largest absolute Gasteiger partial charge is 0.431 e. The van der Waals surface area contributed by atoms with E-state index in [2.05, 4.69) is 26.2 Å². The van der Waals surface area contributed by atoms with Crippen molar-refractivity contribution in [1.29, 1.82) is 0 Å². The van der Waals surface area contributed by atoms with E-state index in [1.54, 1.807) is 34.8 Å². The molecule has 0 aliphatic carbocycles. The second kappa shape index (κ2) is 6.72. The van der Waals surface area contributed by atoms with Crippen LogP contribution in [0.4, 0.5) is 9.59 Å².